The molecule has 0 radical (unpaired) electrons. The van der Waals surface area contributed by atoms with E-state index in [9.17, 15) is 22.8 Å². The summed E-state index contributed by atoms with van der Waals surface area (Å²) in [6.45, 7) is 6.59. The Labute approximate surface area is 230 Å². The van der Waals surface area contributed by atoms with Crippen LogP contribution in [0, 0.1) is 5.41 Å². The molecule has 2 amide bonds. The number of alkyl halides is 3. The Hall–Kier alpha value is -3.11. The summed E-state index contributed by atoms with van der Waals surface area (Å²) in [4.78, 5) is 29.5. The third kappa shape index (κ3) is 6.55. The lowest BCUT2D eigenvalue weighted by Gasteiger charge is -2.19. The zero-order valence-electron chi connectivity index (χ0n) is 22.3. The van der Waals surface area contributed by atoms with Crippen LogP contribution in [-0.4, -0.2) is 46.3 Å². The van der Waals surface area contributed by atoms with Gasteiger partial charge in [-0.05, 0) is 69.0 Å². The summed E-state index contributed by atoms with van der Waals surface area (Å²) < 4.78 is 47.2. The smallest absolute Gasteiger partial charge is 0.374 e. The summed E-state index contributed by atoms with van der Waals surface area (Å²) >= 11 is 6.42. The fourth-order valence-corrected chi connectivity index (χ4v) is 4.52. The number of aromatic nitrogens is 2. The van der Waals surface area contributed by atoms with Crippen molar-refractivity contribution < 1.29 is 27.5 Å². The minimum Gasteiger partial charge on any atom is -0.374 e. The number of carbonyl (C=O) groups excluding carboxylic acids is 2. The van der Waals surface area contributed by atoms with Gasteiger partial charge in [0.25, 0.3) is 5.91 Å². The number of hydrogen-bond acceptors (Lipinski definition) is 4. The molecular formula is C28H32ClF3N4O3. The molecule has 2 aromatic carbocycles. The van der Waals surface area contributed by atoms with Crippen LogP contribution in [0.4, 0.5) is 13.2 Å². The van der Waals surface area contributed by atoms with Gasteiger partial charge in [0.05, 0.1) is 23.2 Å². The maximum Gasteiger partial charge on any atom is 0.403 e. The van der Waals surface area contributed by atoms with Gasteiger partial charge < -0.3 is 19.9 Å². The molecule has 0 aliphatic heterocycles. The first-order valence-electron chi connectivity index (χ1n) is 12.7. The number of ether oxygens (including phenoxy) is 1. The minimum absolute atomic E-state index is 0.0391. The number of benzene rings is 2. The number of halogens is 4. The quantitative estimate of drug-likeness (QED) is 0.344. The van der Waals surface area contributed by atoms with Crippen molar-refractivity contribution in [1.82, 2.24) is 20.2 Å². The van der Waals surface area contributed by atoms with Gasteiger partial charge in [0.1, 0.15) is 11.2 Å². The summed E-state index contributed by atoms with van der Waals surface area (Å²) in [5, 5.41) is 5.75. The van der Waals surface area contributed by atoms with Crippen molar-refractivity contribution >= 4 is 34.4 Å². The van der Waals surface area contributed by atoms with Gasteiger partial charge in [0.15, 0.2) is 0 Å². The molecule has 1 saturated carbocycles. The maximum atomic E-state index is 13.2. The first kappa shape index (κ1) is 28.9. The summed E-state index contributed by atoms with van der Waals surface area (Å²) in [6.07, 6.45) is -4.57. The van der Waals surface area contributed by atoms with Gasteiger partial charge in [0, 0.05) is 37.1 Å². The molecule has 7 nitrogen and oxygen atoms in total. The molecule has 210 valence electrons. The SMILES string of the molecule is Cn1c(Cc2cc(CNC(=O)C3(C(F)(F)F)CC3)ccc2Cl)nc2cc(C(=O)NCCOC(C)(C)C)ccc21. The second kappa shape index (κ2) is 10.8. The van der Waals surface area contributed by atoms with Crippen LogP contribution in [0.2, 0.25) is 5.02 Å². The van der Waals surface area contributed by atoms with Gasteiger partial charge >= 0.3 is 6.18 Å². The number of aryl methyl sites for hydroxylation is 1. The normalized spacial score (nSPS) is 14.9. The predicted molar refractivity (Wildman–Crippen MR) is 143 cm³/mol. The van der Waals surface area contributed by atoms with Crippen LogP contribution < -0.4 is 10.6 Å². The molecule has 3 aromatic rings. The molecule has 0 spiro atoms. The summed E-state index contributed by atoms with van der Waals surface area (Å²) in [7, 11) is 1.86. The number of fused-ring (bicyclic) bond motifs is 1. The van der Waals surface area contributed by atoms with Crippen LogP contribution in [0.1, 0.15) is 60.9 Å². The molecule has 1 aliphatic rings. The Morgan fingerprint density at radius 2 is 1.82 bits per heavy atom. The molecule has 1 aliphatic carbocycles. The van der Waals surface area contributed by atoms with Crippen LogP contribution in [0.25, 0.3) is 11.0 Å². The van der Waals surface area contributed by atoms with E-state index in [1.807, 2.05) is 38.5 Å². The molecule has 0 unspecified atom stereocenters. The van der Waals surface area contributed by atoms with Crippen molar-refractivity contribution in [2.75, 3.05) is 13.2 Å². The largest absolute Gasteiger partial charge is 0.403 e. The fourth-order valence-electron chi connectivity index (χ4n) is 4.33. The highest BCUT2D eigenvalue weighted by Gasteiger charge is 2.68. The minimum atomic E-state index is -4.55. The van der Waals surface area contributed by atoms with Crippen LogP contribution in [0.3, 0.4) is 0 Å². The molecule has 0 bridgehead atoms. The molecule has 1 fully saturated rings. The summed E-state index contributed by atoms with van der Waals surface area (Å²) in [5.41, 5.74) is 0.768. The second-order valence-corrected chi connectivity index (χ2v) is 11.3. The topological polar surface area (TPSA) is 85.2 Å². The molecule has 1 heterocycles. The fraction of sp³-hybridized carbons (Fsp3) is 0.464. The third-order valence-electron chi connectivity index (χ3n) is 6.80. The van der Waals surface area contributed by atoms with E-state index in [2.05, 4.69) is 10.6 Å². The number of carbonyl (C=O) groups is 2. The van der Waals surface area contributed by atoms with Crippen molar-refractivity contribution in [1.29, 1.82) is 0 Å². The number of nitrogens with zero attached hydrogens (tertiary/aromatic N) is 2. The van der Waals surface area contributed by atoms with Crippen molar-refractivity contribution in [2.24, 2.45) is 12.5 Å². The van der Waals surface area contributed by atoms with Crippen molar-refractivity contribution in [3.63, 3.8) is 0 Å². The lowest BCUT2D eigenvalue weighted by atomic mass is 10.0. The van der Waals surface area contributed by atoms with Crippen molar-refractivity contribution in [3.05, 3.63) is 63.9 Å². The Morgan fingerprint density at radius 3 is 2.46 bits per heavy atom. The number of amides is 2. The van der Waals surface area contributed by atoms with Gasteiger partial charge in [-0.2, -0.15) is 13.2 Å². The lowest BCUT2D eigenvalue weighted by Crippen LogP contribution is -2.40. The maximum absolute atomic E-state index is 13.2. The number of rotatable bonds is 9. The van der Waals surface area contributed by atoms with E-state index < -0.39 is 17.5 Å². The second-order valence-electron chi connectivity index (χ2n) is 10.9. The first-order valence-corrected chi connectivity index (χ1v) is 13.1. The highest BCUT2D eigenvalue weighted by molar-refractivity contribution is 6.31. The summed E-state index contributed by atoms with van der Waals surface area (Å²) in [5.74, 6) is -0.528. The molecule has 4 rings (SSSR count). The number of imidazole rings is 1. The van der Waals surface area contributed by atoms with E-state index in [1.165, 1.54) is 0 Å². The van der Waals surface area contributed by atoms with E-state index in [0.717, 1.165) is 11.1 Å². The van der Waals surface area contributed by atoms with E-state index >= 15 is 0 Å². The Balaban J connectivity index is 1.44. The third-order valence-corrected chi connectivity index (χ3v) is 7.17. The van der Waals surface area contributed by atoms with Gasteiger partial charge in [-0.15, -0.1) is 0 Å². The Kier molecular flexibility index (Phi) is 8.01. The average molecular weight is 565 g/mol. The van der Waals surface area contributed by atoms with Crippen LogP contribution >= 0.6 is 11.6 Å². The molecule has 0 saturated heterocycles. The zero-order valence-corrected chi connectivity index (χ0v) is 23.1. The van der Waals surface area contributed by atoms with E-state index in [1.54, 1.807) is 30.3 Å². The Bertz CT molecular complexity index is 1390. The molecule has 39 heavy (non-hydrogen) atoms. The highest BCUT2D eigenvalue weighted by atomic mass is 35.5. The lowest BCUT2D eigenvalue weighted by molar-refractivity contribution is -0.192. The van der Waals surface area contributed by atoms with Crippen molar-refractivity contribution in [2.45, 2.75) is 58.4 Å². The first-order chi connectivity index (χ1) is 18.2. The highest BCUT2D eigenvalue weighted by Crippen LogP contribution is 2.57. The van der Waals surface area contributed by atoms with E-state index in [-0.39, 0.29) is 30.9 Å². The monoisotopic (exact) mass is 564 g/mol. The standard InChI is InChI=1S/C28H32ClF3N4O3/c1-26(2,3)39-12-11-33-24(37)18-6-8-22-21(14-18)35-23(36(22)4)15-19-13-17(5-7-20(19)29)16-34-25(38)27(9-10-27)28(30,31)32/h5-8,13-14H,9-12,15-16H2,1-4H3,(H,33,37)(H,34,38). The summed E-state index contributed by atoms with van der Waals surface area (Å²) in [6, 6.07) is 10.4. The van der Waals surface area contributed by atoms with Gasteiger partial charge in [-0.3, -0.25) is 9.59 Å². The van der Waals surface area contributed by atoms with Gasteiger partial charge in [-0.25, -0.2) is 4.98 Å². The van der Waals surface area contributed by atoms with Crippen LogP contribution in [0.15, 0.2) is 36.4 Å². The number of hydrogen-bond donors (Lipinski definition) is 2. The molecule has 11 heteroatoms. The van der Waals surface area contributed by atoms with E-state index in [0.29, 0.717) is 47.1 Å². The van der Waals surface area contributed by atoms with Crippen LogP contribution in [0.5, 0.6) is 0 Å². The molecule has 0 atom stereocenters. The zero-order chi connectivity index (χ0) is 28.6. The van der Waals surface area contributed by atoms with Gasteiger partial charge in [-0.1, -0.05) is 23.7 Å². The van der Waals surface area contributed by atoms with E-state index in [4.69, 9.17) is 21.3 Å². The Morgan fingerprint density at radius 1 is 1.10 bits per heavy atom. The van der Waals surface area contributed by atoms with Crippen LogP contribution in [-0.2, 0) is 29.5 Å². The van der Waals surface area contributed by atoms with Gasteiger partial charge in [0.2, 0.25) is 5.91 Å². The molecule has 1 aromatic heterocycles. The average Bonchev–Trinajstić information content (AvgIpc) is 3.62. The van der Waals surface area contributed by atoms with Crippen molar-refractivity contribution in [3.8, 4) is 0 Å². The number of nitrogens with one attached hydrogen (secondary N) is 2. The molecule has 2 N–H and O–H groups in total. The predicted octanol–water partition coefficient (Wildman–Crippen LogP) is 5.32. The molecular weight excluding hydrogens is 533 g/mol.